The standard InChI is InChI=1S/C29H27N7O4S2/c1-38-23-12-19(13-24(39-2)28(23)40-3)36(15-26-30-20-8-4-5-9-21(20)31-26)27(37)16-35-14-18(33-34-35)17-41-29-32-22-10-6-7-11-25(22)42-29/h4-14H,15-17H2,1-3H3,(H,30,31). The van der Waals surface area contributed by atoms with Crippen molar-refractivity contribution in [3.8, 4) is 17.2 Å². The van der Waals surface area contributed by atoms with E-state index in [1.54, 1.807) is 51.0 Å². The molecule has 6 rings (SSSR count). The summed E-state index contributed by atoms with van der Waals surface area (Å²) in [5, 5.41) is 8.50. The quantitative estimate of drug-likeness (QED) is 0.197. The third kappa shape index (κ3) is 5.74. The molecule has 3 aromatic carbocycles. The van der Waals surface area contributed by atoms with Gasteiger partial charge in [0.15, 0.2) is 15.8 Å². The third-order valence-electron chi connectivity index (χ3n) is 6.51. The van der Waals surface area contributed by atoms with E-state index in [1.165, 1.54) is 21.3 Å². The van der Waals surface area contributed by atoms with Crippen LogP contribution >= 0.6 is 23.1 Å². The van der Waals surface area contributed by atoms with E-state index in [9.17, 15) is 4.79 Å². The first-order valence-corrected chi connectivity index (χ1v) is 14.8. The summed E-state index contributed by atoms with van der Waals surface area (Å²) in [5.74, 6) is 2.30. The van der Waals surface area contributed by atoms with E-state index in [0.29, 0.717) is 34.5 Å². The number of hydrogen-bond donors (Lipinski definition) is 1. The summed E-state index contributed by atoms with van der Waals surface area (Å²) in [6.45, 7) is 0.150. The Morgan fingerprint density at radius 2 is 1.71 bits per heavy atom. The number of hydrogen-bond acceptors (Lipinski definition) is 10. The van der Waals surface area contributed by atoms with Gasteiger partial charge < -0.3 is 24.1 Å². The van der Waals surface area contributed by atoms with Crippen molar-refractivity contribution in [1.29, 1.82) is 0 Å². The zero-order chi connectivity index (χ0) is 29.1. The molecule has 6 aromatic rings. The molecule has 0 aliphatic carbocycles. The van der Waals surface area contributed by atoms with E-state index < -0.39 is 0 Å². The Labute approximate surface area is 249 Å². The van der Waals surface area contributed by atoms with E-state index in [4.69, 9.17) is 14.2 Å². The largest absolute Gasteiger partial charge is 0.493 e. The number of amides is 1. The van der Waals surface area contributed by atoms with E-state index in [2.05, 4.69) is 31.3 Å². The van der Waals surface area contributed by atoms with Crippen molar-refractivity contribution < 1.29 is 19.0 Å². The van der Waals surface area contributed by atoms with Crippen molar-refractivity contribution in [1.82, 2.24) is 29.9 Å². The topological polar surface area (TPSA) is 120 Å². The van der Waals surface area contributed by atoms with Crippen LogP contribution in [0.15, 0.2) is 71.2 Å². The molecule has 11 nitrogen and oxygen atoms in total. The average molecular weight is 602 g/mol. The van der Waals surface area contributed by atoms with E-state index in [1.807, 2.05) is 42.5 Å². The number of nitrogens with zero attached hydrogens (tertiary/aromatic N) is 6. The number of fused-ring (bicyclic) bond motifs is 2. The molecule has 42 heavy (non-hydrogen) atoms. The Hall–Kier alpha value is -4.62. The molecule has 1 N–H and O–H groups in total. The fourth-order valence-electron chi connectivity index (χ4n) is 4.53. The first-order valence-electron chi connectivity index (χ1n) is 13.0. The van der Waals surface area contributed by atoms with Crippen molar-refractivity contribution in [2.24, 2.45) is 0 Å². The number of benzene rings is 3. The minimum absolute atomic E-state index is 0.0321. The zero-order valence-corrected chi connectivity index (χ0v) is 24.7. The molecule has 214 valence electrons. The fourth-order valence-corrected chi connectivity index (χ4v) is 6.48. The lowest BCUT2D eigenvalue weighted by atomic mass is 10.2. The first-order chi connectivity index (χ1) is 20.5. The third-order valence-corrected chi connectivity index (χ3v) is 8.72. The number of carbonyl (C=O) groups excluding carboxylic acids is 1. The molecule has 0 aliphatic heterocycles. The molecule has 1 amide bonds. The predicted molar refractivity (Wildman–Crippen MR) is 163 cm³/mol. The number of nitrogens with one attached hydrogen (secondary N) is 1. The van der Waals surface area contributed by atoms with Gasteiger partial charge in [0.2, 0.25) is 11.7 Å². The summed E-state index contributed by atoms with van der Waals surface area (Å²) in [6, 6.07) is 19.3. The van der Waals surface area contributed by atoms with E-state index >= 15 is 0 Å². The van der Waals surface area contributed by atoms with Crippen molar-refractivity contribution in [3.63, 3.8) is 0 Å². The molecule has 0 unspecified atom stereocenters. The van der Waals surface area contributed by atoms with Crippen LogP contribution < -0.4 is 19.1 Å². The highest BCUT2D eigenvalue weighted by atomic mass is 32.2. The fraction of sp³-hybridized carbons (Fsp3) is 0.207. The van der Waals surface area contributed by atoms with Crippen LogP contribution in [0.1, 0.15) is 11.5 Å². The Bertz CT molecular complexity index is 1770. The number of thioether (sulfide) groups is 1. The van der Waals surface area contributed by atoms with Gasteiger partial charge in [-0.3, -0.25) is 4.79 Å². The van der Waals surface area contributed by atoms with Crippen molar-refractivity contribution in [2.75, 3.05) is 26.2 Å². The predicted octanol–water partition coefficient (Wildman–Crippen LogP) is 5.32. The van der Waals surface area contributed by atoms with Crippen LogP contribution in [0, 0.1) is 0 Å². The minimum Gasteiger partial charge on any atom is -0.493 e. The Morgan fingerprint density at radius 3 is 2.43 bits per heavy atom. The first kappa shape index (κ1) is 27.5. The monoisotopic (exact) mass is 601 g/mol. The number of H-pyrrole nitrogens is 1. The highest BCUT2D eigenvalue weighted by Crippen LogP contribution is 2.41. The summed E-state index contributed by atoms with van der Waals surface area (Å²) >= 11 is 3.24. The van der Waals surface area contributed by atoms with Crippen molar-refractivity contribution in [3.05, 3.63) is 78.4 Å². The van der Waals surface area contributed by atoms with Gasteiger partial charge in [0.25, 0.3) is 0 Å². The van der Waals surface area contributed by atoms with Crippen molar-refractivity contribution in [2.45, 2.75) is 23.2 Å². The van der Waals surface area contributed by atoms with Gasteiger partial charge in [-0.1, -0.05) is 41.2 Å². The number of carbonyl (C=O) groups is 1. The number of methoxy groups -OCH3 is 3. The maximum atomic E-state index is 13.8. The lowest BCUT2D eigenvalue weighted by Gasteiger charge is -2.24. The van der Waals surface area contributed by atoms with Gasteiger partial charge in [-0.15, -0.1) is 16.4 Å². The second-order valence-corrected chi connectivity index (χ2v) is 11.5. The number of para-hydroxylation sites is 3. The molecule has 0 aliphatic rings. The molecular formula is C29H27N7O4S2. The second kappa shape index (κ2) is 12.1. The molecule has 0 saturated heterocycles. The molecule has 0 spiro atoms. The molecule has 0 radical (unpaired) electrons. The van der Waals surface area contributed by atoms with Gasteiger partial charge in [0.05, 0.1) is 60.5 Å². The van der Waals surface area contributed by atoms with Gasteiger partial charge in [-0.05, 0) is 24.3 Å². The van der Waals surface area contributed by atoms with Crippen LogP contribution in [0.4, 0.5) is 5.69 Å². The number of aromatic amines is 1. The van der Waals surface area contributed by atoms with Crippen LogP contribution in [-0.2, 0) is 23.6 Å². The number of imidazole rings is 1. The molecule has 3 heterocycles. The molecule has 3 aromatic heterocycles. The summed E-state index contributed by atoms with van der Waals surface area (Å²) in [7, 11) is 4.61. The van der Waals surface area contributed by atoms with Crippen LogP contribution in [-0.4, -0.2) is 57.2 Å². The van der Waals surface area contributed by atoms with Crippen LogP contribution in [0.25, 0.3) is 21.3 Å². The summed E-state index contributed by atoms with van der Waals surface area (Å²) in [5.41, 5.74) is 3.99. The smallest absolute Gasteiger partial charge is 0.249 e. The number of thiazole rings is 1. The second-order valence-electron chi connectivity index (χ2n) is 9.21. The van der Waals surface area contributed by atoms with Gasteiger partial charge in [0.1, 0.15) is 12.4 Å². The van der Waals surface area contributed by atoms with Gasteiger partial charge in [-0.2, -0.15) is 0 Å². The van der Waals surface area contributed by atoms with E-state index in [-0.39, 0.29) is 19.0 Å². The highest BCUT2D eigenvalue weighted by molar-refractivity contribution is 8.00. The molecule has 0 saturated carbocycles. The molecule has 0 atom stereocenters. The van der Waals surface area contributed by atoms with Crippen molar-refractivity contribution >= 4 is 55.9 Å². The van der Waals surface area contributed by atoms with Gasteiger partial charge in [0, 0.05) is 24.1 Å². The van der Waals surface area contributed by atoms with Crippen LogP contribution in [0.5, 0.6) is 17.2 Å². The Balaban J connectivity index is 1.24. The van der Waals surface area contributed by atoms with Gasteiger partial charge in [-0.25, -0.2) is 14.6 Å². The molecule has 0 bridgehead atoms. The maximum Gasteiger partial charge on any atom is 0.249 e. The van der Waals surface area contributed by atoms with Crippen LogP contribution in [0.3, 0.4) is 0 Å². The number of aromatic nitrogens is 6. The average Bonchev–Trinajstić information content (AvgIpc) is 3.75. The lowest BCUT2D eigenvalue weighted by molar-refractivity contribution is -0.119. The minimum atomic E-state index is -0.222. The summed E-state index contributed by atoms with van der Waals surface area (Å²) < 4.78 is 20.2. The molecule has 0 fully saturated rings. The van der Waals surface area contributed by atoms with E-state index in [0.717, 1.165) is 31.3 Å². The normalized spacial score (nSPS) is 11.2. The number of anilines is 1. The van der Waals surface area contributed by atoms with Crippen LogP contribution in [0.2, 0.25) is 0 Å². The highest BCUT2D eigenvalue weighted by Gasteiger charge is 2.23. The zero-order valence-electron chi connectivity index (χ0n) is 23.1. The molecule has 13 heteroatoms. The lowest BCUT2D eigenvalue weighted by Crippen LogP contribution is -2.34. The molecular weight excluding hydrogens is 574 g/mol. The Morgan fingerprint density at radius 1 is 0.976 bits per heavy atom. The summed E-state index contributed by atoms with van der Waals surface area (Å²) in [6.07, 6.45) is 1.78. The van der Waals surface area contributed by atoms with Gasteiger partial charge >= 0.3 is 0 Å². The summed E-state index contributed by atoms with van der Waals surface area (Å²) in [4.78, 5) is 28.1. The SMILES string of the molecule is COc1cc(N(Cc2nc3ccccc3[nH]2)C(=O)Cn2cc(CSc3nc4ccccc4s3)nn2)cc(OC)c1OC. The number of ether oxygens (including phenoxy) is 3. The maximum absolute atomic E-state index is 13.8. The Kier molecular flexibility index (Phi) is 7.93. The number of rotatable bonds is 11.